The molecular weight excluding hydrogens is 158 g/mol. The fraction of sp³-hybridized carbons (Fsp3) is 0.833. The third-order valence-electron chi connectivity index (χ3n) is 2.61. The number of nitrogens with zero attached hydrogens (tertiary/aromatic N) is 1. The molecule has 0 heterocycles. The maximum absolute atomic E-state index is 2.46. The van der Waals surface area contributed by atoms with E-state index in [4.69, 9.17) is 0 Å². The van der Waals surface area contributed by atoms with Gasteiger partial charge in [0, 0.05) is 6.04 Å². The predicted molar refractivity (Wildman–Crippen MR) is 58.9 cm³/mol. The highest BCUT2D eigenvalue weighted by Crippen LogP contribution is 2.31. The molecule has 1 nitrogen and oxygen atoms in total. The molecule has 1 rings (SSSR count). The minimum atomic E-state index is 0.341. The van der Waals surface area contributed by atoms with E-state index in [2.05, 4.69) is 45.8 Å². The van der Waals surface area contributed by atoms with E-state index >= 15 is 0 Å². The zero-order chi connectivity index (χ0) is 10.1. The first-order valence-electron chi connectivity index (χ1n) is 5.28. The first-order valence-corrected chi connectivity index (χ1v) is 5.28. The summed E-state index contributed by atoms with van der Waals surface area (Å²) in [7, 11) is 4.37. The van der Waals surface area contributed by atoms with E-state index in [1.165, 1.54) is 19.3 Å². The highest BCUT2D eigenvalue weighted by atomic mass is 15.1. The normalized spacial score (nSPS) is 27.5. The van der Waals surface area contributed by atoms with Crippen molar-refractivity contribution in [1.29, 1.82) is 0 Å². The summed E-state index contributed by atoms with van der Waals surface area (Å²) in [6.07, 6.45) is 6.48. The summed E-state index contributed by atoms with van der Waals surface area (Å²) in [5.74, 6) is 0. The lowest BCUT2D eigenvalue weighted by Gasteiger charge is -2.23. The van der Waals surface area contributed by atoms with Gasteiger partial charge in [0.05, 0.1) is 0 Å². The summed E-state index contributed by atoms with van der Waals surface area (Å²) >= 11 is 0. The minimum Gasteiger partial charge on any atom is -0.303 e. The highest BCUT2D eigenvalue weighted by molar-refractivity contribution is 5.17. The molecule has 0 radical (unpaired) electrons. The van der Waals surface area contributed by atoms with Gasteiger partial charge in [-0.05, 0) is 38.8 Å². The van der Waals surface area contributed by atoms with Gasteiger partial charge in [0.25, 0.3) is 0 Å². The Morgan fingerprint density at radius 2 is 1.92 bits per heavy atom. The van der Waals surface area contributed by atoms with Crippen LogP contribution < -0.4 is 0 Å². The Bertz CT molecular complexity index is 196. The summed E-state index contributed by atoms with van der Waals surface area (Å²) in [5.41, 5.74) is 1.99. The molecule has 1 atom stereocenters. The number of hydrogen-bond acceptors (Lipinski definition) is 1. The maximum atomic E-state index is 2.46. The lowest BCUT2D eigenvalue weighted by molar-refractivity contribution is 0.332. The van der Waals surface area contributed by atoms with Gasteiger partial charge in [-0.1, -0.05) is 32.4 Å². The van der Waals surface area contributed by atoms with Gasteiger partial charge >= 0.3 is 0 Å². The molecule has 0 bridgehead atoms. The fourth-order valence-electron chi connectivity index (χ4n) is 2.17. The van der Waals surface area contributed by atoms with Crippen LogP contribution in [0.1, 0.15) is 40.0 Å². The molecule has 1 saturated carbocycles. The molecule has 1 aliphatic carbocycles. The number of hydrogen-bond donors (Lipinski definition) is 0. The van der Waals surface area contributed by atoms with Crippen molar-refractivity contribution < 1.29 is 0 Å². The van der Waals surface area contributed by atoms with Crippen molar-refractivity contribution in [2.45, 2.75) is 46.1 Å². The van der Waals surface area contributed by atoms with Gasteiger partial charge < -0.3 is 4.90 Å². The van der Waals surface area contributed by atoms with E-state index in [0.717, 1.165) is 0 Å². The molecule has 0 aromatic rings. The second-order valence-electron chi connectivity index (χ2n) is 5.46. The Morgan fingerprint density at radius 3 is 2.38 bits per heavy atom. The first-order chi connectivity index (χ1) is 5.90. The van der Waals surface area contributed by atoms with Crippen LogP contribution >= 0.6 is 0 Å². The molecule has 0 amide bonds. The predicted octanol–water partition coefficient (Wildman–Crippen LogP) is 3.07. The number of likely N-dealkylation sites (N-methyl/N-ethyl adjacent to an activating group) is 1. The fourth-order valence-corrected chi connectivity index (χ4v) is 2.17. The molecule has 13 heavy (non-hydrogen) atoms. The Kier molecular flexibility index (Phi) is 3.18. The third kappa shape index (κ3) is 3.15. The topological polar surface area (TPSA) is 3.24 Å². The lowest BCUT2D eigenvalue weighted by Crippen LogP contribution is -2.26. The van der Waals surface area contributed by atoms with E-state index in [0.29, 0.717) is 11.5 Å². The molecule has 1 fully saturated rings. The van der Waals surface area contributed by atoms with Crippen LogP contribution in [0.3, 0.4) is 0 Å². The van der Waals surface area contributed by atoms with E-state index in [9.17, 15) is 0 Å². The minimum absolute atomic E-state index is 0.341. The Morgan fingerprint density at radius 1 is 1.31 bits per heavy atom. The van der Waals surface area contributed by atoms with Crippen LogP contribution in [0.4, 0.5) is 0 Å². The largest absolute Gasteiger partial charge is 0.303 e. The number of allylic oxidation sites excluding steroid dienone is 1. The standard InChI is InChI=1S/C12H23N/c1-12(2,3)9-10-7-6-8-11(10)13(4)5/h9,11H,6-8H2,1-5H3/b10-9+. The first kappa shape index (κ1) is 10.8. The van der Waals surface area contributed by atoms with E-state index < -0.39 is 0 Å². The quantitative estimate of drug-likeness (QED) is 0.562. The Hall–Kier alpha value is -0.300. The van der Waals surface area contributed by atoms with Crippen molar-refractivity contribution in [3.63, 3.8) is 0 Å². The zero-order valence-electron chi connectivity index (χ0n) is 9.72. The molecule has 0 aliphatic heterocycles. The van der Waals surface area contributed by atoms with Crippen molar-refractivity contribution in [2.75, 3.05) is 14.1 Å². The van der Waals surface area contributed by atoms with Crippen molar-refractivity contribution >= 4 is 0 Å². The average molecular weight is 181 g/mol. The summed E-state index contributed by atoms with van der Waals surface area (Å²) in [6, 6.07) is 0.708. The van der Waals surface area contributed by atoms with Crippen molar-refractivity contribution in [3.05, 3.63) is 11.6 Å². The highest BCUT2D eigenvalue weighted by Gasteiger charge is 2.24. The molecule has 0 aromatic heterocycles. The van der Waals surface area contributed by atoms with Gasteiger partial charge in [-0.3, -0.25) is 0 Å². The molecule has 1 unspecified atom stereocenters. The van der Waals surface area contributed by atoms with Crippen LogP contribution in [0.2, 0.25) is 0 Å². The van der Waals surface area contributed by atoms with Gasteiger partial charge in [-0.25, -0.2) is 0 Å². The van der Waals surface area contributed by atoms with E-state index in [1.54, 1.807) is 5.57 Å². The second-order valence-corrected chi connectivity index (χ2v) is 5.46. The second kappa shape index (κ2) is 3.83. The monoisotopic (exact) mass is 181 g/mol. The molecule has 1 aliphatic rings. The molecule has 0 saturated heterocycles. The van der Waals surface area contributed by atoms with E-state index in [-0.39, 0.29) is 0 Å². The van der Waals surface area contributed by atoms with Crippen LogP contribution in [0, 0.1) is 5.41 Å². The van der Waals surface area contributed by atoms with Gasteiger partial charge in [0.2, 0.25) is 0 Å². The van der Waals surface area contributed by atoms with E-state index in [1.807, 2.05) is 0 Å². The van der Waals surface area contributed by atoms with Gasteiger partial charge in [0.15, 0.2) is 0 Å². The molecule has 1 heteroatoms. The molecule has 0 N–H and O–H groups in total. The zero-order valence-corrected chi connectivity index (χ0v) is 9.72. The van der Waals surface area contributed by atoms with Gasteiger partial charge in [0.1, 0.15) is 0 Å². The molecule has 0 aromatic carbocycles. The lowest BCUT2D eigenvalue weighted by atomic mass is 9.92. The third-order valence-corrected chi connectivity index (χ3v) is 2.61. The van der Waals surface area contributed by atoms with Crippen molar-refractivity contribution in [3.8, 4) is 0 Å². The summed E-state index contributed by atoms with van der Waals surface area (Å²) in [6.45, 7) is 6.85. The van der Waals surface area contributed by atoms with Crippen molar-refractivity contribution in [1.82, 2.24) is 4.90 Å². The molecular formula is C12H23N. The Balaban J connectivity index is 2.74. The summed E-state index contributed by atoms with van der Waals surface area (Å²) in [5, 5.41) is 0. The summed E-state index contributed by atoms with van der Waals surface area (Å²) < 4.78 is 0. The van der Waals surface area contributed by atoms with Crippen LogP contribution in [0.15, 0.2) is 11.6 Å². The van der Waals surface area contributed by atoms with Crippen LogP contribution in [-0.4, -0.2) is 25.0 Å². The maximum Gasteiger partial charge on any atom is 0.0301 e. The number of rotatable bonds is 1. The van der Waals surface area contributed by atoms with Crippen molar-refractivity contribution in [2.24, 2.45) is 5.41 Å². The van der Waals surface area contributed by atoms with Gasteiger partial charge in [-0.15, -0.1) is 0 Å². The molecule has 0 spiro atoms. The molecule has 76 valence electrons. The smallest absolute Gasteiger partial charge is 0.0301 e. The van der Waals surface area contributed by atoms with Crippen LogP contribution in [0.25, 0.3) is 0 Å². The van der Waals surface area contributed by atoms with Gasteiger partial charge in [-0.2, -0.15) is 0 Å². The SMILES string of the molecule is CN(C)C1CCC/C1=C\C(C)(C)C. The Labute approximate surface area is 82.8 Å². The van der Waals surface area contributed by atoms with Crippen LogP contribution in [0.5, 0.6) is 0 Å². The summed E-state index contributed by atoms with van der Waals surface area (Å²) in [4.78, 5) is 2.35. The average Bonchev–Trinajstić information content (AvgIpc) is 2.31. The van der Waals surface area contributed by atoms with Crippen LogP contribution in [-0.2, 0) is 0 Å².